The molecule has 2 N–H and O–H groups in total. The van der Waals surface area contributed by atoms with Crippen molar-refractivity contribution in [2.24, 2.45) is 9.98 Å². The van der Waals surface area contributed by atoms with Crippen molar-refractivity contribution in [3.05, 3.63) is 82.4 Å². The molecule has 0 bridgehead atoms. The van der Waals surface area contributed by atoms with Crippen LogP contribution in [0.1, 0.15) is 119 Å². The smallest absolute Gasteiger partial charge is 0.124 e. The zero-order chi connectivity index (χ0) is 29.3. The van der Waals surface area contributed by atoms with Gasteiger partial charge in [-0.15, -0.1) is 0 Å². The number of phenols is 2. The number of aryl methyl sites for hydroxylation is 3. The summed E-state index contributed by atoms with van der Waals surface area (Å²) in [6, 6.07) is 17.5. The summed E-state index contributed by atoms with van der Waals surface area (Å²) in [6.45, 7) is 6.50. The third kappa shape index (κ3) is 11.2. The zero-order valence-corrected chi connectivity index (χ0v) is 25.5. The summed E-state index contributed by atoms with van der Waals surface area (Å²) in [7, 11) is 0. The van der Waals surface area contributed by atoms with Crippen molar-refractivity contribution < 1.29 is 10.2 Å². The van der Waals surface area contributed by atoms with Crippen LogP contribution in [0.2, 0.25) is 0 Å². The SMILES string of the molecule is CCCCCCCCc1ccc(O)c(C=Nc2cccc(C)c2N=Cc2cc(CCCCCCCC)ccc2O)c1. The molecule has 0 aliphatic heterocycles. The highest BCUT2D eigenvalue weighted by Gasteiger charge is 2.07. The number of hydrogen-bond donors (Lipinski definition) is 2. The molecule has 0 saturated carbocycles. The number of unbranched alkanes of at least 4 members (excludes halogenated alkanes) is 10. The fourth-order valence-electron chi connectivity index (χ4n) is 5.13. The maximum atomic E-state index is 10.5. The Hall–Kier alpha value is -3.40. The van der Waals surface area contributed by atoms with E-state index in [4.69, 9.17) is 9.98 Å². The van der Waals surface area contributed by atoms with Gasteiger partial charge in [-0.1, -0.05) is 102 Å². The van der Waals surface area contributed by atoms with Crippen LogP contribution in [0.5, 0.6) is 11.5 Å². The van der Waals surface area contributed by atoms with Crippen LogP contribution in [0.15, 0.2) is 64.6 Å². The second-order valence-electron chi connectivity index (χ2n) is 11.3. The summed E-state index contributed by atoms with van der Waals surface area (Å²) in [4.78, 5) is 9.50. The highest BCUT2D eigenvalue weighted by molar-refractivity contribution is 5.90. The Morgan fingerprint density at radius 3 is 1.61 bits per heavy atom. The van der Waals surface area contributed by atoms with Gasteiger partial charge in [-0.3, -0.25) is 9.98 Å². The van der Waals surface area contributed by atoms with E-state index in [1.54, 1.807) is 24.6 Å². The van der Waals surface area contributed by atoms with Gasteiger partial charge in [0.2, 0.25) is 0 Å². The van der Waals surface area contributed by atoms with Crippen molar-refractivity contribution in [2.75, 3.05) is 0 Å². The molecule has 0 amide bonds. The molecule has 220 valence electrons. The Morgan fingerprint density at radius 2 is 1.07 bits per heavy atom. The zero-order valence-electron chi connectivity index (χ0n) is 25.5. The van der Waals surface area contributed by atoms with Crippen LogP contribution in [-0.4, -0.2) is 22.6 Å². The number of rotatable bonds is 18. The summed E-state index contributed by atoms with van der Waals surface area (Å²) >= 11 is 0. The number of aromatic hydroxyl groups is 2. The summed E-state index contributed by atoms with van der Waals surface area (Å²) in [5.74, 6) is 0.455. The summed E-state index contributed by atoms with van der Waals surface area (Å²) in [6.07, 6.45) is 20.7. The van der Waals surface area contributed by atoms with Gasteiger partial charge in [0.05, 0.1) is 11.4 Å². The van der Waals surface area contributed by atoms with Crippen LogP contribution in [0.4, 0.5) is 11.4 Å². The third-order valence-corrected chi connectivity index (χ3v) is 7.71. The fraction of sp³-hybridized carbons (Fsp3) is 0.459. The van der Waals surface area contributed by atoms with E-state index >= 15 is 0 Å². The molecule has 0 spiro atoms. The van der Waals surface area contributed by atoms with Crippen molar-refractivity contribution in [3.8, 4) is 11.5 Å². The highest BCUT2D eigenvalue weighted by Crippen LogP contribution is 2.32. The average molecular weight is 555 g/mol. The summed E-state index contributed by atoms with van der Waals surface area (Å²) in [5.41, 5.74) is 6.35. The molecule has 0 aliphatic rings. The number of para-hydroxylation sites is 1. The Balaban J connectivity index is 1.69. The molecule has 0 fully saturated rings. The predicted octanol–water partition coefficient (Wildman–Crippen LogP) is 10.7. The van der Waals surface area contributed by atoms with Crippen molar-refractivity contribution >= 4 is 23.8 Å². The topological polar surface area (TPSA) is 65.2 Å². The van der Waals surface area contributed by atoms with E-state index in [9.17, 15) is 10.2 Å². The number of benzene rings is 3. The first-order valence-electron chi connectivity index (χ1n) is 15.8. The van der Waals surface area contributed by atoms with E-state index in [0.29, 0.717) is 11.1 Å². The quantitative estimate of drug-likeness (QED) is 0.121. The van der Waals surface area contributed by atoms with Gasteiger partial charge in [0.25, 0.3) is 0 Å². The average Bonchev–Trinajstić information content (AvgIpc) is 2.97. The molecule has 0 atom stereocenters. The molecule has 0 unspecified atom stereocenters. The Labute approximate surface area is 248 Å². The number of nitrogens with zero attached hydrogens (tertiary/aromatic N) is 2. The van der Waals surface area contributed by atoms with Gasteiger partial charge >= 0.3 is 0 Å². The monoisotopic (exact) mass is 554 g/mol. The Morgan fingerprint density at radius 1 is 0.585 bits per heavy atom. The van der Waals surface area contributed by atoms with E-state index in [-0.39, 0.29) is 11.5 Å². The molecule has 4 nitrogen and oxygen atoms in total. The molecule has 3 aromatic carbocycles. The van der Waals surface area contributed by atoms with Crippen molar-refractivity contribution in [3.63, 3.8) is 0 Å². The van der Waals surface area contributed by atoms with Crippen LogP contribution in [-0.2, 0) is 12.8 Å². The second kappa shape index (κ2) is 18.1. The Bertz CT molecular complexity index is 1260. The van der Waals surface area contributed by atoms with E-state index in [1.165, 1.54) is 75.3 Å². The number of hydrogen-bond acceptors (Lipinski definition) is 4. The molecule has 0 aliphatic carbocycles. The molecule has 0 aromatic heterocycles. The predicted molar refractivity (Wildman–Crippen MR) is 176 cm³/mol. The molecule has 0 radical (unpaired) electrons. The molecule has 3 rings (SSSR count). The first-order chi connectivity index (χ1) is 20.0. The van der Waals surface area contributed by atoms with E-state index in [2.05, 4.69) is 13.8 Å². The van der Waals surface area contributed by atoms with Crippen molar-refractivity contribution in [1.82, 2.24) is 0 Å². The van der Waals surface area contributed by atoms with Crippen LogP contribution in [0.3, 0.4) is 0 Å². The highest BCUT2D eigenvalue weighted by atomic mass is 16.3. The van der Waals surface area contributed by atoms with Crippen molar-refractivity contribution in [2.45, 2.75) is 111 Å². The van der Waals surface area contributed by atoms with E-state index in [1.807, 2.05) is 49.4 Å². The number of phenolic OH excluding ortho intramolecular Hbond substituents is 2. The van der Waals surface area contributed by atoms with Gasteiger partial charge in [0.1, 0.15) is 11.5 Å². The standard InChI is InChI=1S/C37H50N2O2/c1-4-6-8-10-12-14-18-30-21-23-35(40)32(25-30)27-38-34-20-16-17-29(3)37(34)39-28-33-26-31(22-24-36(33)41)19-15-13-11-9-7-5-2/h16-17,20-28,40-41H,4-15,18-19H2,1-3H3. The minimum absolute atomic E-state index is 0.227. The maximum Gasteiger partial charge on any atom is 0.124 e. The van der Waals surface area contributed by atoms with Crippen LogP contribution < -0.4 is 0 Å². The lowest BCUT2D eigenvalue weighted by Crippen LogP contribution is -1.91. The van der Waals surface area contributed by atoms with E-state index < -0.39 is 0 Å². The van der Waals surface area contributed by atoms with Gasteiger partial charge < -0.3 is 10.2 Å². The summed E-state index contributed by atoms with van der Waals surface area (Å²) < 4.78 is 0. The molecule has 0 saturated heterocycles. The van der Waals surface area contributed by atoms with E-state index in [0.717, 1.165) is 42.6 Å². The van der Waals surface area contributed by atoms with Gasteiger partial charge in [0.15, 0.2) is 0 Å². The first-order valence-corrected chi connectivity index (χ1v) is 15.8. The van der Waals surface area contributed by atoms with Gasteiger partial charge in [-0.25, -0.2) is 0 Å². The second-order valence-corrected chi connectivity index (χ2v) is 11.3. The molecular formula is C37H50N2O2. The van der Waals surface area contributed by atoms with Crippen LogP contribution >= 0.6 is 0 Å². The lowest BCUT2D eigenvalue weighted by atomic mass is 10.0. The third-order valence-electron chi connectivity index (χ3n) is 7.71. The first kappa shape index (κ1) is 32.1. The molecule has 3 aromatic rings. The van der Waals surface area contributed by atoms with Crippen LogP contribution in [0, 0.1) is 6.92 Å². The molecule has 0 heterocycles. The fourth-order valence-corrected chi connectivity index (χ4v) is 5.13. The maximum absolute atomic E-state index is 10.5. The Kier molecular flexibility index (Phi) is 14.2. The van der Waals surface area contributed by atoms with Crippen LogP contribution in [0.25, 0.3) is 0 Å². The lowest BCUT2D eigenvalue weighted by molar-refractivity contribution is 0.473. The molecule has 4 heteroatoms. The van der Waals surface area contributed by atoms with Gasteiger partial charge in [-0.05, 0) is 79.6 Å². The number of aliphatic imine (C=N–C) groups is 2. The normalized spacial score (nSPS) is 11.7. The van der Waals surface area contributed by atoms with Gasteiger partial charge in [0, 0.05) is 23.6 Å². The van der Waals surface area contributed by atoms with Crippen molar-refractivity contribution in [1.29, 1.82) is 0 Å². The molecule has 41 heavy (non-hydrogen) atoms. The summed E-state index contributed by atoms with van der Waals surface area (Å²) in [5, 5.41) is 21.0. The largest absolute Gasteiger partial charge is 0.507 e. The minimum atomic E-state index is 0.227. The minimum Gasteiger partial charge on any atom is -0.507 e. The lowest BCUT2D eigenvalue weighted by Gasteiger charge is -2.08. The molecular weight excluding hydrogens is 504 g/mol. The van der Waals surface area contributed by atoms with Gasteiger partial charge in [-0.2, -0.15) is 0 Å².